The van der Waals surface area contributed by atoms with E-state index in [9.17, 15) is 14.4 Å². The van der Waals surface area contributed by atoms with Gasteiger partial charge in [-0.05, 0) is 82.8 Å². The second-order valence-electron chi connectivity index (χ2n) is 8.30. The number of hydrogen-bond donors (Lipinski definition) is 1. The van der Waals surface area contributed by atoms with E-state index in [4.69, 9.17) is 0 Å². The van der Waals surface area contributed by atoms with E-state index in [0.717, 1.165) is 44.1 Å². The molecule has 0 bridgehead atoms. The Morgan fingerprint density at radius 2 is 1.96 bits per heavy atom. The number of rotatable bonds is 5. The van der Waals surface area contributed by atoms with Crippen LogP contribution >= 0.6 is 0 Å². The van der Waals surface area contributed by atoms with Crippen LogP contribution in [0.3, 0.4) is 0 Å². The third kappa shape index (κ3) is 4.43. The Morgan fingerprint density at radius 1 is 1.18 bits per heavy atom. The molecule has 1 aromatic rings. The van der Waals surface area contributed by atoms with Crippen LogP contribution in [0.2, 0.25) is 0 Å². The molecule has 1 aliphatic heterocycles. The van der Waals surface area contributed by atoms with Crippen molar-refractivity contribution in [3.05, 3.63) is 46.5 Å². The van der Waals surface area contributed by atoms with Gasteiger partial charge in [-0.15, -0.1) is 0 Å². The molecule has 28 heavy (non-hydrogen) atoms. The van der Waals surface area contributed by atoms with Crippen LogP contribution in [-0.2, 0) is 22.4 Å². The number of fused-ring (bicyclic) bond motifs is 1. The van der Waals surface area contributed by atoms with Crippen molar-refractivity contribution >= 4 is 17.5 Å². The van der Waals surface area contributed by atoms with Crippen molar-refractivity contribution in [2.75, 3.05) is 0 Å². The lowest BCUT2D eigenvalue weighted by Crippen LogP contribution is -2.31. The van der Waals surface area contributed by atoms with Gasteiger partial charge in [0.1, 0.15) is 0 Å². The van der Waals surface area contributed by atoms with Crippen LogP contribution in [0.1, 0.15) is 74.4 Å². The first-order valence-corrected chi connectivity index (χ1v) is 10.5. The fraction of sp³-hybridized carbons (Fsp3) is 0.542. The Balaban J connectivity index is 1.73. The Hall–Kier alpha value is -2.23. The van der Waals surface area contributed by atoms with Gasteiger partial charge in [0.2, 0.25) is 5.91 Å². The molecule has 0 radical (unpaired) electrons. The summed E-state index contributed by atoms with van der Waals surface area (Å²) in [5.41, 5.74) is 4.71. The molecule has 0 aromatic heterocycles. The van der Waals surface area contributed by atoms with E-state index in [1.54, 1.807) is 13.8 Å². The van der Waals surface area contributed by atoms with E-state index in [1.165, 1.54) is 16.7 Å². The minimum absolute atomic E-state index is 0.00889. The van der Waals surface area contributed by atoms with Gasteiger partial charge in [-0.1, -0.05) is 29.8 Å². The number of Topliss-reactive ketones (excluding diaryl/α,β-unsaturated/α-hetero) is 2. The molecule has 1 saturated heterocycles. The number of ketones is 2. The minimum Gasteiger partial charge on any atom is -0.346 e. The Kier molecular flexibility index (Phi) is 6.48. The molecule has 2 aliphatic rings. The highest BCUT2D eigenvalue weighted by molar-refractivity contribution is 5.96. The monoisotopic (exact) mass is 381 g/mol. The molecule has 4 nitrogen and oxygen atoms in total. The van der Waals surface area contributed by atoms with E-state index in [2.05, 4.69) is 24.4 Å². The fourth-order valence-electron chi connectivity index (χ4n) is 4.85. The predicted molar refractivity (Wildman–Crippen MR) is 110 cm³/mol. The first-order chi connectivity index (χ1) is 13.4. The summed E-state index contributed by atoms with van der Waals surface area (Å²) in [6, 6.07) is 5.77. The molecule has 1 heterocycles. The quantitative estimate of drug-likeness (QED) is 0.614. The van der Waals surface area contributed by atoms with Crippen LogP contribution in [0.25, 0.3) is 0 Å². The van der Waals surface area contributed by atoms with Gasteiger partial charge in [-0.3, -0.25) is 14.4 Å². The number of nitrogens with one attached hydrogen (secondary N) is 1. The Morgan fingerprint density at radius 3 is 2.61 bits per heavy atom. The largest absolute Gasteiger partial charge is 0.346 e. The highest BCUT2D eigenvalue weighted by Gasteiger charge is 2.35. The maximum absolute atomic E-state index is 12.3. The number of carbonyl (C=O) groups is 3. The summed E-state index contributed by atoms with van der Waals surface area (Å²) in [6.07, 6.45) is 8.60. The summed E-state index contributed by atoms with van der Waals surface area (Å²) in [5, 5.41) is 2.84. The third-order valence-electron chi connectivity index (χ3n) is 6.47. The number of aryl methyl sites for hydroxylation is 1. The third-order valence-corrected chi connectivity index (χ3v) is 6.47. The van der Waals surface area contributed by atoms with Gasteiger partial charge in [0.15, 0.2) is 11.6 Å². The van der Waals surface area contributed by atoms with E-state index >= 15 is 0 Å². The maximum atomic E-state index is 12.3. The lowest BCUT2D eigenvalue weighted by Gasteiger charge is -2.26. The second-order valence-corrected chi connectivity index (χ2v) is 8.30. The maximum Gasteiger partial charge on any atom is 0.224 e. The highest BCUT2D eigenvalue weighted by atomic mass is 16.2. The summed E-state index contributed by atoms with van der Waals surface area (Å²) < 4.78 is 0. The Bertz CT molecular complexity index is 808. The van der Waals surface area contributed by atoms with E-state index < -0.39 is 0 Å². The summed E-state index contributed by atoms with van der Waals surface area (Å²) in [6.45, 7) is 5.24. The van der Waals surface area contributed by atoms with Crippen LogP contribution in [0, 0.1) is 11.8 Å². The van der Waals surface area contributed by atoms with Gasteiger partial charge >= 0.3 is 0 Å². The molecule has 1 N–H and O–H groups in total. The summed E-state index contributed by atoms with van der Waals surface area (Å²) in [4.78, 5) is 36.0. The SMILES string of the molecule is C/C=C(\C[C@@H]1C[C@@H](C(C)=O)NC1=O)C1CCCc2cccc(C(C)=O)c2CC1. The van der Waals surface area contributed by atoms with Gasteiger partial charge in [0.25, 0.3) is 0 Å². The molecule has 1 unspecified atom stereocenters. The van der Waals surface area contributed by atoms with Gasteiger partial charge in [-0.2, -0.15) is 0 Å². The molecule has 0 saturated carbocycles. The molecule has 3 atom stereocenters. The molecule has 1 amide bonds. The number of carbonyl (C=O) groups excluding carboxylic acids is 3. The summed E-state index contributed by atoms with van der Waals surface area (Å²) in [7, 11) is 0. The first kappa shape index (κ1) is 20.5. The van der Waals surface area contributed by atoms with Crippen molar-refractivity contribution in [2.24, 2.45) is 11.8 Å². The van der Waals surface area contributed by atoms with Gasteiger partial charge in [0.05, 0.1) is 6.04 Å². The van der Waals surface area contributed by atoms with Gasteiger partial charge in [-0.25, -0.2) is 0 Å². The molecule has 4 heteroatoms. The second kappa shape index (κ2) is 8.85. The number of amides is 1. The molecule has 1 aromatic carbocycles. The average Bonchev–Trinajstić information content (AvgIpc) is 3.01. The van der Waals surface area contributed by atoms with Crippen LogP contribution < -0.4 is 5.32 Å². The van der Waals surface area contributed by atoms with Gasteiger partial charge in [0, 0.05) is 11.5 Å². The normalized spacial score (nSPS) is 25.5. The van der Waals surface area contributed by atoms with E-state index in [1.807, 2.05) is 12.1 Å². The smallest absolute Gasteiger partial charge is 0.224 e. The van der Waals surface area contributed by atoms with Crippen molar-refractivity contribution in [3.8, 4) is 0 Å². The molecule has 3 rings (SSSR count). The number of benzene rings is 1. The Labute approximate surface area is 167 Å². The standard InChI is InChI=1S/C24H31NO3/c1-4-17(13-20-14-23(16(3)27)25-24(20)28)18-7-5-8-19-9-6-10-21(15(2)26)22(19)12-11-18/h4,6,9-10,18,20,23H,5,7-8,11-14H2,1-3H3,(H,25,28)/b17-4+/t18?,20-,23+/m1/s1. The van der Waals surface area contributed by atoms with Gasteiger partial charge < -0.3 is 5.32 Å². The van der Waals surface area contributed by atoms with E-state index in [-0.39, 0.29) is 29.4 Å². The van der Waals surface area contributed by atoms with Crippen LogP contribution in [0.4, 0.5) is 0 Å². The molecule has 0 spiro atoms. The molecule has 1 aliphatic carbocycles. The van der Waals surface area contributed by atoms with Crippen LogP contribution in [0.5, 0.6) is 0 Å². The van der Waals surface area contributed by atoms with Crippen LogP contribution in [0.15, 0.2) is 29.8 Å². The summed E-state index contributed by atoms with van der Waals surface area (Å²) >= 11 is 0. The summed E-state index contributed by atoms with van der Waals surface area (Å²) in [5.74, 6) is 0.512. The van der Waals surface area contributed by atoms with Crippen molar-refractivity contribution in [2.45, 2.75) is 71.8 Å². The zero-order chi connectivity index (χ0) is 20.3. The lowest BCUT2D eigenvalue weighted by molar-refractivity contribution is -0.124. The van der Waals surface area contributed by atoms with Crippen LogP contribution in [-0.4, -0.2) is 23.5 Å². The van der Waals surface area contributed by atoms with Crippen molar-refractivity contribution < 1.29 is 14.4 Å². The highest BCUT2D eigenvalue weighted by Crippen LogP contribution is 2.34. The van der Waals surface area contributed by atoms with Crippen molar-refractivity contribution in [1.29, 1.82) is 0 Å². The lowest BCUT2D eigenvalue weighted by atomic mass is 9.78. The fourth-order valence-corrected chi connectivity index (χ4v) is 4.85. The van der Waals surface area contributed by atoms with Crippen molar-refractivity contribution in [3.63, 3.8) is 0 Å². The number of hydrogen-bond acceptors (Lipinski definition) is 3. The minimum atomic E-state index is -0.321. The van der Waals surface area contributed by atoms with E-state index in [0.29, 0.717) is 12.3 Å². The number of allylic oxidation sites excluding steroid dienone is 2. The average molecular weight is 382 g/mol. The molecular formula is C24H31NO3. The van der Waals surface area contributed by atoms with Crippen molar-refractivity contribution in [1.82, 2.24) is 5.32 Å². The first-order valence-electron chi connectivity index (χ1n) is 10.5. The molecule has 1 fully saturated rings. The molecule has 150 valence electrons. The molecular weight excluding hydrogens is 350 g/mol. The zero-order valence-corrected chi connectivity index (χ0v) is 17.2. The topological polar surface area (TPSA) is 63.2 Å². The zero-order valence-electron chi connectivity index (χ0n) is 17.2. The predicted octanol–water partition coefficient (Wildman–Crippen LogP) is 4.20.